The molecule has 3 heterocycles. The fraction of sp³-hybridized carbons (Fsp3) is 0. The fourth-order valence-electron chi connectivity index (χ4n) is 1.84. The lowest BCUT2D eigenvalue weighted by atomic mass is 10.2. The van der Waals surface area contributed by atoms with E-state index in [1.807, 2.05) is 48.7 Å². The van der Waals surface area contributed by atoms with E-state index >= 15 is 0 Å². The Bertz CT molecular complexity index is 628. The van der Waals surface area contributed by atoms with E-state index in [2.05, 4.69) is 19.9 Å². The van der Waals surface area contributed by atoms with Crippen molar-refractivity contribution in [1.82, 2.24) is 19.9 Å². The quantitative estimate of drug-likeness (QED) is 0.487. The third-order valence-corrected chi connectivity index (χ3v) is 2.82. The van der Waals surface area contributed by atoms with Crippen LogP contribution in [0.2, 0.25) is 0 Å². The molecule has 0 bridgehead atoms. The van der Waals surface area contributed by atoms with Crippen LogP contribution in [0.1, 0.15) is 0 Å². The Balaban J connectivity index is 0.000000121. The molecule has 0 N–H and O–H groups in total. The number of para-hydroxylation sites is 1. The standard InChI is InChI=1S/2C8H6N2/c1-2-7-3-5-9-6-8(7)10-4-1;1-2-4-8-7(3-1)5-9-6-10-8/h2*1-6H. The molecule has 0 aliphatic rings. The molecule has 1 aromatic carbocycles. The zero-order valence-corrected chi connectivity index (χ0v) is 10.7. The second-order valence-electron chi connectivity index (χ2n) is 4.15. The monoisotopic (exact) mass is 260 g/mol. The Hall–Kier alpha value is -2.88. The molecule has 0 aliphatic carbocycles. The summed E-state index contributed by atoms with van der Waals surface area (Å²) in [6, 6.07) is 13.8. The Kier molecular flexibility index (Phi) is 3.55. The second kappa shape index (κ2) is 5.84. The molecule has 3 aromatic heterocycles. The predicted molar refractivity (Wildman–Crippen MR) is 79.1 cm³/mol. The maximum atomic E-state index is 4.12. The van der Waals surface area contributed by atoms with Crippen molar-refractivity contribution in [3.05, 3.63) is 73.6 Å². The molecule has 0 amide bonds. The highest BCUT2D eigenvalue weighted by Crippen LogP contribution is 2.07. The van der Waals surface area contributed by atoms with Gasteiger partial charge in [0, 0.05) is 29.4 Å². The molecular formula is C16H12N4. The van der Waals surface area contributed by atoms with Gasteiger partial charge in [0.2, 0.25) is 0 Å². The van der Waals surface area contributed by atoms with E-state index in [1.165, 1.54) is 0 Å². The first kappa shape index (κ1) is 12.2. The van der Waals surface area contributed by atoms with Gasteiger partial charge in [-0.05, 0) is 18.2 Å². The SMILES string of the molecule is c1ccc2ncncc2c1.c1cnc2cnccc2c1. The lowest BCUT2D eigenvalue weighted by molar-refractivity contribution is 1.22. The van der Waals surface area contributed by atoms with Crippen LogP contribution in [-0.4, -0.2) is 19.9 Å². The van der Waals surface area contributed by atoms with E-state index in [0.717, 1.165) is 21.8 Å². The highest BCUT2D eigenvalue weighted by molar-refractivity contribution is 5.77. The van der Waals surface area contributed by atoms with Gasteiger partial charge in [0.15, 0.2) is 0 Å². The molecule has 0 unspecified atom stereocenters. The van der Waals surface area contributed by atoms with Crippen molar-refractivity contribution in [1.29, 1.82) is 0 Å². The highest BCUT2D eigenvalue weighted by Gasteiger charge is 1.88. The van der Waals surface area contributed by atoms with E-state index in [1.54, 1.807) is 24.9 Å². The van der Waals surface area contributed by atoms with Crippen LogP contribution in [0.5, 0.6) is 0 Å². The van der Waals surface area contributed by atoms with Crippen LogP contribution >= 0.6 is 0 Å². The van der Waals surface area contributed by atoms with Gasteiger partial charge < -0.3 is 0 Å². The van der Waals surface area contributed by atoms with Crippen molar-refractivity contribution in [2.45, 2.75) is 0 Å². The molecule has 4 aromatic rings. The van der Waals surface area contributed by atoms with Crippen molar-refractivity contribution in [2.75, 3.05) is 0 Å². The maximum absolute atomic E-state index is 4.12. The zero-order valence-electron chi connectivity index (χ0n) is 10.7. The molecular weight excluding hydrogens is 248 g/mol. The number of rotatable bonds is 0. The molecule has 0 aliphatic heterocycles. The molecule has 0 saturated heterocycles. The van der Waals surface area contributed by atoms with Crippen LogP contribution in [-0.2, 0) is 0 Å². The Morgan fingerprint density at radius 1 is 0.600 bits per heavy atom. The van der Waals surface area contributed by atoms with Gasteiger partial charge in [-0.2, -0.15) is 0 Å². The molecule has 0 atom stereocenters. The van der Waals surface area contributed by atoms with E-state index in [0.29, 0.717) is 0 Å². The number of hydrogen-bond acceptors (Lipinski definition) is 4. The van der Waals surface area contributed by atoms with Crippen LogP contribution in [0.3, 0.4) is 0 Å². The number of pyridine rings is 2. The van der Waals surface area contributed by atoms with Crippen LogP contribution in [0.15, 0.2) is 73.6 Å². The molecule has 0 saturated carbocycles. The Labute approximate surface area is 116 Å². The maximum Gasteiger partial charge on any atom is 0.116 e. The Morgan fingerprint density at radius 3 is 2.40 bits per heavy atom. The first-order valence-electron chi connectivity index (χ1n) is 6.23. The normalized spacial score (nSPS) is 10.0. The highest BCUT2D eigenvalue weighted by atomic mass is 14.8. The van der Waals surface area contributed by atoms with Gasteiger partial charge in [-0.3, -0.25) is 9.97 Å². The minimum Gasteiger partial charge on any atom is -0.262 e. The topological polar surface area (TPSA) is 51.6 Å². The molecule has 4 heteroatoms. The first-order chi connectivity index (χ1) is 9.93. The average Bonchev–Trinajstić information content (AvgIpc) is 2.56. The van der Waals surface area contributed by atoms with Crippen LogP contribution in [0, 0.1) is 0 Å². The van der Waals surface area contributed by atoms with Gasteiger partial charge in [0.25, 0.3) is 0 Å². The summed E-state index contributed by atoms with van der Waals surface area (Å²) in [4.78, 5) is 16.0. The van der Waals surface area contributed by atoms with Gasteiger partial charge in [-0.25, -0.2) is 9.97 Å². The van der Waals surface area contributed by atoms with Crippen LogP contribution in [0.4, 0.5) is 0 Å². The van der Waals surface area contributed by atoms with Gasteiger partial charge in [-0.1, -0.05) is 24.3 Å². The molecule has 0 radical (unpaired) electrons. The first-order valence-corrected chi connectivity index (χ1v) is 6.23. The molecule has 4 nitrogen and oxygen atoms in total. The molecule has 0 fully saturated rings. The van der Waals surface area contributed by atoms with Crippen molar-refractivity contribution in [3.63, 3.8) is 0 Å². The minimum atomic E-state index is 0.949. The van der Waals surface area contributed by atoms with Crippen molar-refractivity contribution < 1.29 is 0 Å². The second-order valence-corrected chi connectivity index (χ2v) is 4.15. The fourth-order valence-corrected chi connectivity index (χ4v) is 1.84. The average molecular weight is 260 g/mol. The summed E-state index contributed by atoms with van der Waals surface area (Å²) >= 11 is 0. The number of nitrogens with zero attached hydrogens (tertiary/aromatic N) is 4. The summed E-state index contributed by atoms with van der Waals surface area (Å²) in [6.07, 6.45) is 8.66. The smallest absolute Gasteiger partial charge is 0.116 e. The lowest BCUT2D eigenvalue weighted by Crippen LogP contribution is -1.77. The summed E-state index contributed by atoms with van der Waals surface area (Å²) in [6.45, 7) is 0. The van der Waals surface area contributed by atoms with Crippen molar-refractivity contribution >= 4 is 21.8 Å². The minimum absolute atomic E-state index is 0.949. The molecule has 96 valence electrons. The number of hydrogen-bond donors (Lipinski definition) is 0. The molecule has 20 heavy (non-hydrogen) atoms. The summed E-state index contributed by atoms with van der Waals surface area (Å²) < 4.78 is 0. The van der Waals surface area contributed by atoms with Gasteiger partial charge in [0.05, 0.1) is 17.2 Å². The number of benzene rings is 1. The summed E-state index contributed by atoms with van der Waals surface area (Å²) in [5, 5.41) is 2.22. The van der Waals surface area contributed by atoms with E-state index in [9.17, 15) is 0 Å². The van der Waals surface area contributed by atoms with E-state index < -0.39 is 0 Å². The van der Waals surface area contributed by atoms with E-state index in [-0.39, 0.29) is 0 Å². The Morgan fingerprint density at radius 2 is 1.50 bits per heavy atom. The molecule has 0 spiro atoms. The summed E-state index contributed by atoms with van der Waals surface area (Å²) in [5.41, 5.74) is 1.95. The van der Waals surface area contributed by atoms with Crippen molar-refractivity contribution in [3.8, 4) is 0 Å². The predicted octanol–water partition coefficient (Wildman–Crippen LogP) is 3.26. The third kappa shape index (κ3) is 2.75. The van der Waals surface area contributed by atoms with Gasteiger partial charge in [-0.15, -0.1) is 0 Å². The van der Waals surface area contributed by atoms with Crippen LogP contribution in [0.25, 0.3) is 21.8 Å². The molecule has 4 rings (SSSR count). The summed E-state index contributed by atoms with van der Waals surface area (Å²) in [5.74, 6) is 0. The lowest BCUT2D eigenvalue weighted by Gasteiger charge is -1.90. The zero-order chi connectivity index (χ0) is 13.6. The van der Waals surface area contributed by atoms with E-state index in [4.69, 9.17) is 0 Å². The third-order valence-electron chi connectivity index (χ3n) is 2.82. The number of fused-ring (bicyclic) bond motifs is 2. The van der Waals surface area contributed by atoms with Gasteiger partial charge in [0.1, 0.15) is 6.33 Å². The largest absolute Gasteiger partial charge is 0.262 e. The van der Waals surface area contributed by atoms with Crippen LogP contribution < -0.4 is 0 Å². The summed E-state index contributed by atoms with van der Waals surface area (Å²) in [7, 11) is 0. The van der Waals surface area contributed by atoms with Gasteiger partial charge >= 0.3 is 0 Å². The van der Waals surface area contributed by atoms with Crippen molar-refractivity contribution in [2.24, 2.45) is 0 Å². The number of aromatic nitrogens is 4.